The highest BCUT2D eigenvalue weighted by molar-refractivity contribution is 5.33. The Morgan fingerprint density at radius 1 is 0.952 bits per heavy atom. The van der Waals surface area contributed by atoms with Crippen LogP contribution in [0.2, 0.25) is 0 Å². The molecule has 0 bridgehead atoms. The molecule has 0 atom stereocenters. The Hall–Kier alpha value is -0.860. The molecule has 0 N–H and O–H groups in total. The minimum atomic E-state index is 0.323. The molecule has 0 spiro atoms. The highest BCUT2D eigenvalue weighted by atomic mass is 15.4. The van der Waals surface area contributed by atoms with Crippen LogP contribution in [0.15, 0.2) is 24.3 Å². The molecule has 0 radical (unpaired) electrons. The maximum absolute atomic E-state index is 2.83. The van der Waals surface area contributed by atoms with E-state index in [1.807, 2.05) is 0 Å². The zero-order valence-corrected chi connectivity index (χ0v) is 14.1. The van der Waals surface area contributed by atoms with Gasteiger partial charge < -0.3 is 4.48 Å². The van der Waals surface area contributed by atoms with Gasteiger partial charge in [0, 0.05) is 18.6 Å². The average Bonchev–Trinajstić information content (AvgIpc) is 2.48. The molecule has 0 aromatic heterocycles. The summed E-state index contributed by atoms with van der Waals surface area (Å²) in [5.74, 6) is 0. The first-order valence-corrected chi connectivity index (χ1v) is 8.67. The number of likely N-dealkylation sites (N-methyl/N-ethyl adjacent to an activating group) is 1. The highest BCUT2D eigenvalue weighted by Gasteiger charge is 2.42. The van der Waals surface area contributed by atoms with Crippen LogP contribution in [0.5, 0.6) is 0 Å². The summed E-state index contributed by atoms with van der Waals surface area (Å²) in [4.78, 5) is 2.83. The first kappa shape index (κ1) is 15.1. The smallest absolute Gasteiger partial charge is 0.0912 e. The molecule has 2 heteroatoms. The van der Waals surface area contributed by atoms with Crippen molar-refractivity contribution >= 4 is 0 Å². The normalized spacial score (nSPS) is 25.7. The van der Waals surface area contributed by atoms with Crippen molar-refractivity contribution in [3.63, 3.8) is 0 Å². The van der Waals surface area contributed by atoms with Gasteiger partial charge in [0.2, 0.25) is 0 Å². The monoisotopic (exact) mass is 287 g/mol. The van der Waals surface area contributed by atoms with Crippen molar-refractivity contribution in [3.05, 3.63) is 35.4 Å². The number of rotatable bonds is 2. The average molecular weight is 287 g/mol. The van der Waals surface area contributed by atoms with Crippen LogP contribution in [0, 0.1) is 6.92 Å². The van der Waals surface area contributed by atoms with E-state index >= 15 is 0 Å². The molecule has 2 fully saturated rings. The lowest BCUT2D eigenvalue weighted by molar-refractivity contribution is -0.895. The summed E-state index contributed by atoms with van der Waals surface area (Å²) in [6.45, 7) is 7.37. The Balaban J connectivity index is 1.93. The summed E-state index contributed by atoms with van der Waals surface area (Å²) in [7, 11) is 4.75. The second-order valence-corrected chi connectivity index (χ2v) is 7.78. The number of nitrogens with zero attached hydrogens (tertiary/aromatic N) is 2. The molecule has 1 heterocycles. The lowest BCUT2D eigenvalue weighted by Gasteiger charge is -2.51. The van der Waals surface area contributed by atoms with E-state index in [1.54, 1.807) is 5.56 Å². The van der Waals surface area contributed by atoms with Crippen molar-refractivity contribution in [2.45, 2.75) is 44.6 Å². The van der Waals surface area contributed by atoms with E-state index in [4.69, 9.17) is 0 Å². The Kier molecular flexibility index (Phi) is 4.11. The Labute approximate surface area is 130 Å². The molecule has 1 aliphatic carbocycles. The summed E-state index contributed by atoms with van der Waals surface area (Å²) < 4.78 is 1.18. The first-order valence-electron chi connectivity index (χ1n) is 8.67. The van der Waals surface area contributed by atoms with Crippen LogP contribution in [0.25, 0.3) is 0 Å². The first-order chi connectivity index (χ1) is 10.0. The van der Waals surface area contributed by atoms with E-state index in [-0.39, 0.29) is 0 Å². The fourth-order valence-corrected chi connectivity index (χ4v) is 4.42. The van der Waals surface area contributed by atoms with E-state index in [9.17, 15) is 0 Å². The van der Waals surface area contributed by atoms with Gasteiger partial charge in [-0.3, -0.25) is 4.90 Å². The molecule has 116 valence electrons. The maximum atomic E-state index is 2.83. The minimum Gasteiger partial charge on any atom is -0.326 e. The second-order valence-electron chi connectivity index (χ2n) is 7.78. The van der Waals surface area contributed by atoms with Crippen LogP contribution in [0.1, 0.15) is 43.2 Å². The number of hydrogen-bond donors (Lipinski definition) is 0. The predicted octanol–water partition coefficient (Wildman–Crippen LogP) is 3.55. The van der Waals surface area contributed by atoms with Gasteiger partial charge in [0.15, 0.2) is 0 Å². The lowest BCUT2D eigenvalue weighted by atomic mass is 9.73. The molecule has 1 saturated heterocycles. The maximum Gasteiger partial charge on any atom is 0.0912 e. The molecule has 0 unspecified atom stereocenters. The van der Waals surface area contributed by atoms with Crippen LogP contribution in [0.3, 0.4) is 0 Å². The summed E-state index contributed by atoms with van der Waals surface area (Å²) in [6.07, 6.45) is 6.91. The van der Waals surface area contributed by atoms with Crippen LogP contribution in [-0.4, -0.2) is 49.7 Å². The fourth-order valence-electron chi connectivity index (χ4n) is 4.42. The number of hydrogen-bond acceptors (Lipinski definition) is 1. The lowest BCUT2D eigenvalue weighted by Crippen LogP contribution is -2.60. The minimum absolute atomic E-state index is 0.323. The van der Waals surface area contributed by atoms with E-state index in [0.29, 0.717) is 5.54 Å². The molecule has 1 saturated carbocycles. The number of quaternary nitrogens is 1. The fraction of sp³-hybridized carbons (Fsp3) is 0.684. The molecule has 1 aromatic carbocycles. The van der Waals surface area contributed by atoms with Gasteiger partial charge in [-0.15, -0.1) is 0 Å². The van der Waals surface area contributed by atoms with Crippen molar-refractivity contribution in [2.24, 2.45) is 0 Å². The molecular formula is C19H31N2+. The molecule has 2 nitrogen and oxygen atoms in total. The zero-order valence-electron chi connectivity index (χ0n) is 14.1. The van der Waals surface area contributed by atoms with Gasteiger partial charge in [0.05, 0.1) is 27.2 Å². The third kappa shape index (κ3) is 2.89. The highest BCUT2D eigenvalue weighted by Crippen LogP contribution is 2.44. The van der Waals surface area contributed by atoms with Crippen molar-refractivity contribution in [1.82, 2.24) is 4.90 Å². The van der Waals surface area contributed by atoms with Gasteiger partial charge in [-0.25, -0.2) is 0 Å². The third-order valence-corrected chi connectivity index (χ3v) is 5.88. The van der Waals surface area contributed by atoms with E-state index in [1.165, 1.54) is 68.3 Å². The number of aryl methyl sites for hydroxylation is 1. The van der Waals surface area contributed by atoms with Crippen molar-refractivity contribution in [2.75, 3.05) is 40.3 Å². The van der Waals surface area contributed by atoms with Gasteiger partial charge >= 0.3 is 0 Å². The second kappa shape index (κ2) is 5.73. The van der Waals surface area contributed by atoms with Crippen molar-refractivity contribution in [1.29, 1.82) is 0 Å². The Morgan fingerprint density at radius 2 is 1.57 bits per heavy atom. The standard InChI is InChI=1S/C19H31N2/c1-17-9-5-6-10-18(17)19(11-7-4-8-12-19)20-13-15-21(2,3)16-14-20/h5-6,9-10H,4,7-8,11-16H2,1-3H3/q+1. The molecule has 0 amide bonds. The predicted molar refractivity (Wildman–Crippen MR) is 89.4 cm³/mol. The van der Waals surface area contributed by atoms with E-state index in [2.05, 4.69) is 50.2 Å². The largest absolute Gasteiger partial charge is 0.326 e. The number of benzene rings is 1. The number of piperazine rings is 1. The van der Waals surface area contributed by atoms with Gasteiger partial charge in [0.25, 0.3) is 0 Å². The quantitative estimate of drug-likeness (QED) is 0.752. The molecule has 21 heavy (non-hydrogen) atoms. The molecule has 3 rings (SSSR count). The van der Waals surface area contributed by atoms with Gasteiger partial charge in [-0.2, -0.15) is 0 Å². The van der Waals surface area contributed by atoms with Gasteiger partial charge in [0.1, 0.15) is 0 Å². The van der Waals surface area contributed by atoms with E-state index < -0.39 is 0 Å². The summed E-state index contributed by atoms with van der Waals surface area (Å²) in [5.41, 5.74) is 3.42. The Bertz CT molecular complexity index is 476. The summed E-state index contributed by atoms with van der Waals surface area (Å²) in [5, 5.41) is 0. The SMILES string of the molecule is Cc1ccccc1C1(N2CC[N+](C)(C)CC2)CCCCC1. The van der Waals surface area contributed by atoms with Crippen LogP contribution < -0.4 is 0 Å². The summed E-state index contributed by atoms with van der Waals surface area (Å²) in [6, 6.07) is 9.12. The summed E-state index contributed by atoms with van der Waals surface area (Å²) >= 11 is 0. The van der Waals surface area contributed by atoms with Gasteiger partial charge in [-0.1, -0.05) is 43.5 Å². The molecule has 1 aliphatic heterocycles. The van der Waals surface area contributed by atoms with Crippen LogP contribution in [0.4, 0.5) is 0 Å². The Morgan fingerprint density at radius 3 is 2.19 bits per heavy atom. The van der Waals surface area contributed by atoms with Crippen molar-refractivity contribution < 1.29 is 4.48 Å². The molecule has 2 aliphatic rings. The zero-order chi connectivity index (χ0) is 14.9. The topological polar surface area (TPSA) is 3.24 Å². The van der Waals surface area contributed by atoms with Gasteiger partial charge in [-0.05, 0) is 30.9 Å². The third-order valence-electron chi connectivity index (χ3n) is 5.88. The van der Waals surface area contributed by atoms with E-state index in [0.717, 1.165) is 0 Å². The molecular weight excluding hydrogens is 256 g/mol. The van der Waals surface area contributed by atoms with Crippen molar-refractivity contribution in [3.8, 4) is 0 Å². The molecule has 1 aromatic rings. The van der Waals surface area contributed by atoms with Crippen LogP contribution >= 0.6 is 0 Å². The van der Waals surface area contributed by atoms with Crippen LogP contribution in [-0.2, 0) is 5.54 Å².